The molecule has 1 heterocycles. The standard InChI is InChI=1S/C13H16F2N2O/c1-8-7-16-5-4-12(8)17-13(18)10-3-2-9(14)6-11(10)15/h2-3,6,8,12,16H,4-5,7H2,1H3,(H,17,18)/t8-,12-/m0/s1. The van der Waals surface area contributed by atoms with Gasteiger partial charge in [-0.3, -0.25) is 4.79 Å². The Balaban J connectivity index is 2.07. The second kappa shape index (κ2) is 5.44. The number of carbonyl (C=O) groups is 1. The van der Waals surface area contributed by atoms with E-state index in [2.05, 4.69) is 10.6 Å². The molecular weight excluding hydrogens is 238 g/mol. The van der Waals surface area contributed by atoms with Gasteiger partial charge in [-0.25, -0.2) is 8.78 Å². The zero-order valence-corrected chi connectivity index (χ0v) is 10.2. The number of piperidine rings is 1. The van der Waals surface area contributed by atoms with E-state index in [-0.39, 0.29) is 11.6 Å². The van der Waals surface area contributed by atoms with Gasteiger partial charge in [-0.15, -0.1) is 0 Å². The number of rotatable bonds is 2. The van der Waals surface area contributed by atoms with Crippen LogP contribution in [0.1, 0.15) is 23.7 Å². The molecule has 1 aromatic carbocycles. The molecule has 5 heteroatoms. The Hall–Kier alpha value is -1.49. The van der Waals surface area contributed by atoms with Crippen LogP contribution in [0.4, 0.5) is 8.78 Å². The maximum absolute atomic E-state index is 13.4. The van der Waals surface area contributed by atoms with Gasteiger partial charge in [0.25, 0.3) is 5.91 Å². The highest BCUT2D eigenvalue weighted by atomic mass is 19.1. The maximum atomic E-state index is 13.4. The first-order valence-corrected chi connectivity index (χ1v) is 6.04. The van der Waals surface area contributed by atoms with Crippen molar-refractivity contribution in [1.29, 1.82) is 0 Å². The first kappa shape index (κ1) is 13.0. The molecule has 1 aliphatic rings. The lowest BCUT2D eigenvalue weighted by molar-refractivity contribution is 0.0910. The Kier molecular flexibility index (Phi) is 3.91. The average molecular weight is 254 g/mol. The van der Waals surface area contributed by atoms with Gasteiger partial charge in [-0.2, -0.15) is 0 Å². The number of halogens is 2. The number of hydrogen-bond donors (Lipinski definition) is 2. The van der Waals surface area contributed by atoms with Crippen molar-refractivity contribution in [2.75, 3.05) is 13.1 Å². The molecule has 3 nitrogen and oxygen atoms in total. The first-order valence-electron chi connectivity index (χ1n) is 6.04. The van der Waals surface area contributed by atoms with Crippen LogP contribution in [0.2, 0.25) is 0 Å². The molecule has 1 fully saturated rings. The van der Waals surface area contributed by atoms with E-state index in [1.165, 1.54) is 6.07 Å². The predicted molar refractivity (Wildman–Crippen MR) is 64.3 cm³/mol. The van der Waals surface area contributed by atoms with Crippen LogP contribution >= 0.6 is 0 Å². The monoisotopic (exact) mass is 254 g/mol. The van der Waals surface area contributed by atoms with E-state index >= 15 is 0 Å². The summed E-state index contributed by atoms with van der Waals surface area (Å²) in [4.78, 5) is 11.9. The van der Waals surface area contributed by atoms with E-state index in [4.69, 9.17) is 0 Å². The van der Waals surface area contributed by atoms with Crippen molar-refractivity contribution in [2.24, 2.45) is 5.92 Å². The van der Waals surface area contributed by atoms with Gasteiger partial charge < -0.3 is 10.6 Å². The summed E-state index contributed by atoms with van der Waals surface area (Å²) in [5, 5.41) is 6.03. The van der Waals surface area contributed by atoms with Crippen LogP contribution in [0.25, 0.3) is 0 Å². The van der Waals surface area contributed by atoms with E-state index in [1.807, 2.05) is 6.92 Å². The number of amides is 1. The summed E-state index contributed by atoms with van der Waals surface area (Å²) in [6, 6.07) is 3.01. The molecular formula is C13H16F2N2O. The molecule has 18 heavy (non-hydrogen) atoms. The van der Waals surface area contributed by atoms with Crippen LogP contribution in [0.15, 0.2) is 18.2 Å². The minimum atomic E-state index is -0.825. The Morgan fingerprint density at radius 2 is 2.22 bits per heavy atom. The third kappa shape index (κ3) is 2.85. The summed E-state index contributed by atoms with van der Waals surface area (Å²) in [5.74, 6) is -1.69. The van der Waals surface area contributed by atoms with Crippen LogP contribution in [-0.4, -0.2) is 25.0 Å². The number of nitrogens with one attached hydrogen (secondary N) is 2. The lowest BCUT2D eigenvalue weighted by Crippen LogP contribution is -2.48. The van der Waals surface area contributed by atoms with Gasteiger partial charge >= 0.3 is 0 Å². The molecule has 0 unspecified atom stereocenters. The molecule has 0 aliphatic carbocycles. The molecule has 0 aromatic heterocycles. The summed E-state index contributed by atoms with van der Waals surface area (Å²) in [6.07, 6.45) is 0.815. The minimum Gasteiger partial charge on any atom is -0.349 e. The zero-order chi connectivity index (χ0) is 13.1. The Labute approximate surface area is 105 Å². The average Bonchev–Trinajstić information content (AvgIpc) is 2.32. The van der Waals surface area contributed by atoms with E-state index in [0.29, 0.717) is 5.92 Å². The first-order chi connectivity index (χ1) is 8.58. The molecule has 98 valence electrons. The lowest BCUT2D eigenvalue weighted by atomic mass is 9.95. The molecule has 2 atom stereocenters. The van der Waals surface area contributed by atoms with Gasteiger partial charge in [0.1, 0.15) is 11.6 Å². The van der Waals surface area contributed by atoms with Crippen LogP contribution in [0, 0.1) is 17.6 Å². The summed E-state index contributed by atoms with van der Waals surface area (Å²) < 4.78 is 26.2. The quantitative estimate of drug-likeness (QED) is 0.843. The van der Waals surface area contributed by atoms with Crippen molar-refractivity contribution in [2.45, 2.75) is 19.4 Å². The molecule has 0 spiro atoms. The SMILES string of the molecule is C[C@H]1CNCC[C@@H]1NC(=O)c1ccc(F)cc1F. The highest BCUT2D eigenvalue weighted by Crippen LogP contribution is 2.13. The van der Waals surface area contributed by atoms with Gasteiger partial charge in [-0.1, -0.05) is 6.92 Å². The fourth-order valence-electron chi connectivity index (χ4n) is 2.15. The number of carbonyl (C=O) groups excluding carboxylic acids is 1. The molecule has 2 rings (SSSR count). The van der Waals surface area contributed by atoms with E-state index < -0.39 is 17.5 Å². The van der Waals surface area contributed by atoms with E-state index in [0.717, 1.165) is 31.6 Å². The highest BCUT2D eigenvalue weighted by molar-refractivity contribution is 5.94. The van der Waals surface area contributed by atoms with Gasteiger partial charge in [0.05, 0.1) is 5.56 Å². The molecule has 1 aromatic rings. The topological polar surface area (TPSA) is 41.1 Å². The Morgan fingerprint density at radius 3 is 2.89 bits per heavy atom. The summed E-state index contributed by atoms with van der Waals surface area (Å²) >= 11 is 0. The molecule has 0 bridgehead atoms. The van der Waals surface area contributed by atoms with Crippen molar-refractivity contribution in [3.05, 3.63) is 35.4 Å². The molecule has 1 saturated heterocycles. The third-order valence-corrected chi connectivity index (χ3v) is 3.28. The zero-order valence-electron chi connectivity index (χ0n) is 10.2. The summed E-state index contributed by atoms with van der Waals surface area (Å²) in [5.41, 5.74) is -0.109. The third-order valence-electron chi connectivity index (χ3n) is 3.28. The molecule has 1 amide bonds. The number of benzene rings is 1. The van der Waals surface area contributed by atoms with Gasteiger partial charge in [0.2, 0.25) is 0 Å². The second-order valence-electron chi connectivity index (χ2n) is 4.67. The summed E-state index contributed by atoms with van der Waals surface area (Å²) in [7, 11) is 0. The second-order valence-corrected chi connectivity index (χ2v) is 4.67. The molecule has 0 radical (unpaired) electrons. The fraction of sp³-hybridized carbons (Fsp3) is 0.462. The van der Waals surface area contributed by atoms with Crippen LogP contribution in [0.5, 0.6) is 0 Å². The van der Waals surface area contributed by atoms with Gasteiger partial charge in [0.15, 0.2) is 0 Å². The van der Waals surface area contributed by atoms with Crippen molar-refractivity contribution in [3.8, 4) is 0 Å². The Bertz CT molecular complexity index is 451. The molecule has 1 aliphatic heterocycles. The fourth-order valence-corrected chi connectivity index (χ4v) is 2.15. The van der Waals surface area contributed by atoms with Crippen LogP contribution in [0.3, 0.4) is 0 Å². The van der Waals surface area contributed by atoms with E-state index in [1.54, 1.807) is 0 Å². The maximum Gasteiger partial charge on any atom is 0.254 e. The minimum absolute atomic E-state index is 0.0307. The largest absolute Gasteiger partial charge is 0.349 e. The van der Waals surface area contributed by atoms with Crippen molar-refractivity contribution >= 4 is 5.91 Å². The smallest absolute Gasteiger partial charge is 0.254 e. The van der Waals surface area contributed by atoms with Gasteiger partial charge in [0, 0.05) is 12.1 Å². The van der Waals surface area contributed by atoms with Crippen LogP contribution in [-0.2, 0) is 0 Å². The van der Waals surface area contributed by atoms with E-state index in [9.17, 15) is 13.6 Å². The Morgan fingerprint density at radius 1 is 1.44 bits per heavy atom. The predicted octanol–water partition coefficient (Wildman–Crippen LogP) is 1.69. The van der Waals surface area contributed by atoms with Crippen molar-refractivity contribution in [1.82, 2.24) is 10.6 Å². The number of hydrogen-bond acceptors (Lipinski definition) is 2. The summed E-state index contributed by atoms with van der Waals surface area (Å²) in [6.45, 7) is 3.69. The lowest BCUT2D eigenvalue weighted by Gasteiger charge is -2.30. The van der Waals surface area contributed by atoms with Crippen molar-refractivity contribution < 1.29 is 13.6 Å². The van der Waals surface area contributed by atoms with Crippen molar-refractivity contribution in [3.63, 3.8) is 0 Å². The molecule has 2 N–H and O–H groups in total. The molecule has 0 saturated carbocycles. The van der Waals surface area contributed by atoms with Gasteiger partial charge in [-0.05, 0) is 37.6 Å². The van der Waals surface area contributed by atoms with Crippen LogP contribution < -0.4 is 10.6 Å². The normalized spacial score (nSPS) is 23.7. The highest BCUT2D eigenvalue weighted by Gasteiger charge is 2.24.